The number of hydrogen-bond acceptors (Lipinski definition) is 3. The van der Waals surface area contributed by atoms with E-state index in [9.17, 15) is 9.18 Å². The van der Waals surface area contributed by atoms with Gasteiger partial charge in [-0.2, -0.15) is 0 Å². The molecule has 2 aromatic rings. The number of carbonyl (C=O) groups is 1. The van der Waals surface area contributed by atoms with Gasteiger partial charge in [0.2, 0.25) is 5.91 Å². The zero-order chi connectivity index (χ0) is 16.9. The van der Waals surface area contributed by atoms with E-state index >= 15 is 0 Å². The summed E-state index contributed by atoms with van der Waals surface area (Å²) >= 11 is 0. The van der Waals surface area contributed by atoms with Crippen molar-refractivity contribution in [3.05, 3.63) is 59.9 Å². The van der Waals surface area contributed by atoms with Gasteiger partial charge in [0.15, 0.2) is 0 Å². The van der Waals surface area contributed by atoms with Gasteiger partial charge in [-0.05, 0) is 48.6 Å². The Bertz CT molecular complexity index is 699. The third kappa shape index (κ3) is 4.04. The van der Waals surface area contributed by atoms with E-state index in [4.69, 9.17) is 4.74 Å². The number of ether oxygens (including phenoxy) is 1. The first-order chi connectivity index (χ1) is 11.7. The van der Waals surface area contributed by atoms with Crippen LogP contribution in [-0.4, -0.2) is 19.6 Å². The van der Waals surface area contributed by atoms with Crippen LogP contribution in [0.3, 0.4) is 0 Å². The molecule has 1 amide bonds. The van der Waals surface area contributed by atoms with Crippen LogP contribution in [0.15, 0.2) is 48.5 Å². The van der Waals surface area contributed by atoms with Gasteiger partial charge in [-0.15, -0.1) is 0 Å². The van der Waals surface area contributed by atoms with Crippen molar-refractivity contribution >= 4 is 11.6 Å². The number of methoxy groups -OCH3 is 1. The fourth-order valence-electron chi connectivity index (χ4n) is 2.72. The largest absolute Gasteiger partial charge is 0.497 e. The van der Waals surface area contributed by atoms with Gasteiger partial charge >= 0.3 is 0 Å². The molecule has 2 N–H and O–H groups in total. The van der Waals surface area contributed by atoms with Crippen LogP contribution in [-0.2, 0) is 4.79 Å². The minimum atomic E-state index is -0.362. The van der Waals surface area contributed by atoms with Gasteiger partial charge < -0.3 is 15.4 Å². The average molecular weight is 328 g/mol. The lowest BCUT2D eigenvalue weighted by Crippen LogP contribution is -2.34. The molecule has 4 nitrogen and oxygen atoms in total. The number of para-hydroxylation sites is 1. The zero-order valence-electron chi connectivity index (χ0n) is 13.6. The third-order valence-electron chi connectivity index (χ3n) is 4.20. The van der Waals surface area contributed by atoms with E-state index in [0.29, 0.717) is 11.6 Å². The summed E-state index contributed by atoms with van der Waals surface area (Å²) < 4.78 is 18.7. The van der Waals surface area contributed by atoms with Crippen LogP contribution in [0.4, 0.5) is 10.1 Å². The summed E-state index contributed by atoms with van der Waals surface area (Å²) in [7, 11) is 1.63. The molecule has 1 fully saturated rings. The van der Waals surface area contributed by atoms with E-state index in [2.05, 4.69) is 10.6 Å². The normalized spacial score (nSPS) is 14.8. The second-order valence-electron chi connectivity index (χ2n) is 5.99. The van der Waals surface area contributed by atoms with Crippen molar-refractivity contribution in [2.75, 3.05) is 19.0 Å². The Morgan fingerprint density at radius 2 is 1.92 bits per heavy atom. The summed E-state index contributed by atoms with van der Waals surface area (Å²) in [5.41, 5.74) is 1.40. The van der Waals surface area contributed by atoms with Crippen LogP contribution >= 0.6 is 0 Å². The van der Waals surface area contributed by atoms with Crippen LogP contribution in [0.1, 0.15) is 24.4 Å². The molecule has 0 saturated heterocycles. The van der Waals surface area contributed by atoms with E-state index in [1.807, 2.05) is 24.3 Å². The number of amides is 1. The fourth-order valence-corrected chi connectivity index (χ4v) is 2.72. The summed E-state index contributed by atoms with van der Waals surface area (Å²) in [6.45, 7) is 0.0420. The summed E-state index contributed by atoms with van der Waals surface area (Å²) in [6.07, 6.45) is 2.22. The molecule has 0 radical (unpaired) electrons. The Morgan fingerprint density at radius 1 is 1.21 bits per heavy atom. The Morgan fingerprint density at radius 3 is 2.54 bits per heavy atom. The van der Waals surface area contributed by atoms with Crippen molar-refractivity contribution in [2.45, 2.75) is 18.9 Å². The van der Waals surface area contributed by atoms with Gasteiger partial charge in [-0.1, -0.05) is 24.3 Å². The van der Waals surface area contributed by atoms with Crippen molar-refractivity contribution in [2.24, 2.45) is 5.92 Å². The van der Waals surface area contributed by atoms with Crippen molar-refractivity contribution in [1.29, 1.82) is 0 Å². The Labute approximate surface area is 141 Å². The maximum Gasteiger partial charge on any atom is 0.239 e. The SMILES string of the molecule is COc1ccc(C(NC(=O)CNc2ccccc2F)C2CC2)cc1. The maximum absolute atomic E-state index is 13.6. The first kappa shape index (κ1) is 16.3. The highest BCUT2D eigenvalue weighted by atomic mass is 19.1. The zero-order valence-corrected chi connectivity index (χ0v) is 13.6. The molecule has 1 saturated carbocycles. The quantitative estimate of drug-likeness (QED) is 0.818. The first-order valence-corrected chi connectivity index (χ1v) is 8.09. The van der Waals surface area contributed by atoms with E-state index in [-0.39, 0.29) is 24.3 Å². The van der Waals surface area contributed by atoms with Crippen LogP contribution < -0.4 is 15.4 Å². The molecule has 0 bridgehead atoms. The van der Waals surface area contributed by atoms with Gasteiger partial charge in [0.05, 0.1) is 25.4 Å². The molecular formula is C19H21FN2O2. The van der Waals surface area contributed by atoms with Crippen LogP contribution in [0.2, 0.25) is 0 Å². The summed E-state index contributed by atoms with van der Waals surface area (Å²) in [6, 6.07) is 14.1. The highest BCUT2D eigenvalue weighted by molar-refractivity contribution is 5.81. The lowest BCUT2D eigenvalue weighted by atomic mass is 10.0. The maximum atomic E-state index is 13.6. The molecule has 0 aromatic heterocycles. The molecule has 0 spiro atoms. The highest BCUT2D eigenvalue weighted by Crippen LogP contribution is 2.41. The molecule has 5 heteroatoms. The highest BCUT2D eigenvalue weighted by Gasteiger charge is 2.33. The smallest absolute Gasteiger partial charge is 0.239 e. The Hall–Kier alpha value is -2.56. The number of hydrogen-bond donors (Lipinski definition) is 2. The molecule has 0 aliphatic heterocycles. The van der Waals surface area contributed by atoms with Gasteiger partial charge in [0.1, 0.15) is 11.6 Å². The number of carbonyl (C=O) groups excluding carboxylic acids is 1. The lowest BCUT2D eigenvalue weighted by Gasteiger charge is -2.19. The summed E-state index contributed by atoms with van der Waals surface area (Å²) in [4.78, 5) is 12.2. The van der Waals surface area contributed by atoms with Crippen LogP contribution in [0.25, 0.3) is 0 Å². The van der Waals surface area contributed by atoms with Crippen molar-refractivity contribution in [3.63, 3.8) is 0 Å². The predicted octanol–water partition coefficient (Wildman–Crippen LogP) is 3.51. The Balaban J connectivity index is 1.61. The van der Waals surface area contributed by atoms with Crippen molar-refractivity contribution in [3.8, 4) is 5.75 Å². The minimum absolute atomic E-state index is 0.00849. The van der Waals surface area contributed by atoms with Crippen LogP contribution in [0, 0.1) is 11.7 Å². The number of rotatable bonds is 7. The Kier molecular flexibility index (Phi) is 4.99. The van der Waals surface area contributed by atoms with Gasteiger partial charge in [0, 0.05) is 0 Å². The standard InChI is InChI=1S/C19H21FN2O2/c1-24-15-10-8-14(9-11-15)19(13-6-7-13)22-18(23)12-21-17-5-3-2-4-16(17)20/h2-5,8-11,13,19,21H,6-7,12H2,1H3,(H,22,23). The third-order valence-corrected chi connectivity index (χ3v) is 4.20. The summed E-state index contributed by atoms with van der Waals surface area (Å²) in [5, 5.41) is 5.90. The number of nitrogens with one attached hydrogen (secondary N) is 2. The molecule has 1 atom stereocenters. The lowest BCUT2D eigenvalue weighted by molar-refractivity contribution is -0.120. The molecule has 1 aliphatic carbocycles. The molecule has 2 aromatic carbocycles. The first-order valence-electron chi connectivity index (χ1n) is 8.09. The van der Waals surface area contributed by atoms with Gasteiger partial charge in [-0.25, -0.2) is 4.39 Å². The molecule has 1 aliphatic rings. The molecule has 24 heavy (non-hydrogen) atoms. The molecule has 126 valence electrons. The van der Waals surface area contributed by atoms with Crippen molar-refractivity contribution in [1.82, 2.24) is 5.32 Å². The molecule has 3 rings (SSSR count). The van der Waals surface area contributed by atoms with E-state index < -0.39 is 0 Å². The fraction of sp³-hybridized carbons (Fsp3) is 0.316. The van der Waals surface area contributed by atoms with Crippen LogP contribution in [0.5, 0.6) is 5.75 Å². The minimum Gasteiger partial charge on any atom is -0.497 e. The monoisotopic (exact) mass is 328 g/mol. The second kappa shape index (κ2) is 7.34. The molecular weight excluding hydrogens is 307 g/mol. The molecule has 0 heterocycles. The predicted molar refractivity (Wildman–Crippen MR) is 91.5 cm³/mol. The topological polar surface area (TPSA) is 50.4 Å². The number of halogens is 1. The van der Waals surface area contributed by atoms with E-state index in [1.54, 1.807) is 25.3 Å². The van der Waals surface area contributed by atoms with E-state index in [0.717, 1.165) is 24.2 Å². The van der Waals surface area contributed by atoms with Gasteiger partial charge in [-0.3, -0.25) is 4.79 Å². The van der Waals surface area contributed by atoms with E-state index in [1.165, 1.54) is 6.07 Å². The second-order valence-corrected chi connectivity index (χ2v) is 5.99. The summed E-state index contributed by atoms with van der Waals surface area (Å²) in [5.74, 6) is 0.752. The van der Waals surface area contributed by atoms with Gasteiger partial charge in [0.25, 0.3) is 0 Å². The number of benzene rings is 2. The average Bonchev–Trinajstić information content (AvgIpc) is 3.44. The van der Waals surface area contributed by atoms with Crippen molar-refractivity contribution < 1.29 is 13.9 Å². The number of anilines is 1. The molecule has 1 unspecified atom stereocenters.